The lowest BCUT2D eigenvalue weighted by Gasteiger charge is -2.26. The highest BCUT2D eigenvalue weighted by atomic mass is 79.9. The van der Waals surface area contributed by atoms with Crippen LogP contribution in [-0.4, -0.2) is 36.5 Å². The molecule has 1 atom stereocenters. The Bertz CT molecular complexity index is 470. The minimum absolute atomic E-state index is 0.149. The first-order valence-corrected chi connectivity index (χ1v) is 8.20. The lowest BCUT2D eigenvalue weighted by molar-refractivity contribution is 0.0742. The maximum atomic E-state index is 12.7. The largest absolute Gasteiger partial charge is 0.337 e. The number of nitrogens with zero attached hydrogens (tertiary/aromatic N) is 1. The summed E-state index contributed by atoms with van der Waals surface area (Å²) < 4.78 is 1.05. The van der Waals surface area contributed by atoms with Crippen molar-refractivity contribution in [3.63, 3.8) is 0 Å². The number of carbonyl (C=O) groups is 1. The second kappa shape index (κ2) is 7.23. The van der Waals surface area contributed by atoms with E-state index in [1.165, 1.54) is 12.8 Å². The highest BCUT2D eigenvalue weighted by molar-refractivity contribution is 9.10. The number of hydrogen-bond donors (Lipinski definition) is 1. The summed E-state index contributed by atoms with van der Waals surface area (Å²) in [7, 11) is 0. The van der Waals surface area contributed by atoms with Gasteiger partial charge in [-0.3, -0.25) is 4.79 Å². The van der Waals surface area contributed by atoms with Crippen LogP contribution in [0.1, 0.15) is 42.1 Å². The van der Waals surface area contributed by atoms with Crippen LogP contribution in [0.5, 0.6) is 0 Å². The summed E-state index contributed by atoms with van der Waals surface area (Å²) in [5.41, 5.74) is 1.89. The third kappa shape index (κ3) is 3.83. The predicted octanol–water partition coefficient (Wildman–Crippen LogP) is 3.36. The van der Waals surface area contributed by atoms with E-state index < -0.39 is 0 Å². The number of halogens is 1. The van der Waals surface area contributed by atoms with Crippen molar-refractivity contribution in [1.82, 2.24) is 10.2 Å². The molecule has 1 saturated heterocycles. The molecular formula is C16H23BrN2O. The second-order valence-electron chi connectivity index (χ2n) is 5.51. The molecule has 110 valence electrons. The van der Waals surface area contributed by atoms with Crippen molar-refractivity contribution in [3.8, 4) is 0 Å². The van der Waals surface area contributed by atoms with E-state index in [9.17, 15) is 4.79 Å². The van der Waals surface area contributed by atoms with Gasteiger partial charge in [-0.05, 0) is 56.5 Å². The van der Waals surface area contributed by atoms with E-state index in [-0.39, 0.29) is 5.91 Å². The summed E-state index contributed by atoms with van der Waals surface area (Å²) in [5.74, 6) is 0.149. The molecule has 1 aliphatic rings. The fourth-order valence-electron chi connectivity index (χ4n) is 2.68. The van der Waals surface area contributed by atoms with Gasteiger partial charge in [0.1, 0.15) is 0 Å². The van der Waals surface area contributed by atoms with Crippen molar-refractivity contribution in [1.29, 1.82) is 0 Å². The Morgan fingerprint density at radius 1 is 1.50 bits per heavy atom. The maximum absolute atomic E-state index is 12.7. The Morgan fingerprint density at radius 3 is 2.90 bits per heavy atom. The van der Waals surface area contributed by atoms with Crippen molar-refractivity contribution in [3.05, 3.63) is 33.8 Å². The minimum Gasteiger partial charge on any atom is -0.337 e. The highest BCUT2D eigenvalue weighted by Gasteiger charge is 2.22. The van der Waals surface area contributed by atoms with Crippen LogP contribution in [0.15, 0.2) is 22.7 Å². The van der Waals surface area contributed by atoms with E-state index in [2.05, 4.69) is 28.2 Å². The third-order valence-corrected chi connectivity index (χ3v) is 4.68. The van der Waals surface area contributed by atoms with E-state index in [1.54, 1.807) is 0 Å². The molecule has 0 aromatic heterocycles. The summed E-state index contributed by atoms with van der Waals surface area (Å²) >= 11 is 3.48. The Balaban J connectivity index is 2.10. The molecule has 1 fully saturated rings. The first-order chi connectivity index (χ1) is 9.61. The van der Waals surface area contributed by atoms with Crippen LogP contribution in [0, 0.1) is 6.92 Å². The molecule has 0 aliphatic carbocycles. The molecule has 0 radical (unpaired) electrons. The van der Waals surface area contributed by atoms with E-state index in [0.29, 0.717) is 6.04 Å². The van der Waals surface area contributed by atoms with Gasteiger partial charge < -0.3 is 10.2 Å². The first kappa shape index (κ1) is 15.5. The van der Waals surface area contributed by atoms with Crippen molar-refractivity contribution in [2.75, 3.05) is 19.6 Å². The Labute approximate surface area is 129 Å². The van der Waals surface area contributed by atoms with Crippen LogP contribution in [0.3, 0.4) is 0 Å². The topological polar surface area (TPSA) is 32.3 Å². The summed E-state index contributed by atoms with van der Waals surface area (Å²) in [4.78, 5) is 14.7. The maximum Gasteiger partial charge on any atom is 0.253 e. The van der Waals surface area contributed by atoms with Crippen molar-refractivity contribution < 1.29 is 4.79 Å². The zero-order valence-corrected chi connectivity index (χ0v) is 13.9. The average Bonchev–Trinajstić information content (AvgIpc) is 2.93. The van der Waals surface area contributed by atoms with Crippen LogP contribution >= 0.6 is 15.9 Å². The Hall–Kier alpha value is -0.870. The molecule has 1 amide bonds. The molecule has 4 heteroatoms. The van der Waals surface area contributed by atoms with Crippen LogP contribution in [0.25, 0.3) is 0 Å². The second-order valence-corrected chi connectivity index (χ2v) is 6.36. The summed E-state index contributed by atoms with van der Waals surface area (Å²) in [6.45, 7) is 6.86. The number of amides is 1. The molecule has 1 heterocycles. The zero-order chi connectivity index (χ0) is 14.5. The number of carbonyl (C=O) groups excluding carboxylic acids is 1. The number of nitrogens with one attached hydrogen (secondary N) is 1. The molecule has 1 aromatic rings. The SMILES string of the molecule is CCCN(CC1CCCN1)C(=O)c1ccc(Br)c(C)c1. The van der Waals surface area contributed by atoms with Gasteiger partial charge in [0.15, 0.2) is 0 Å². The predicted molar refractivity (Wildman–Crippen MR) is 86.1 cm³/mol. The lowest BCUT2D eigenvalue weighted by atomic mass is 10.1. The number of benzene rings is 1. The van der Waals surface area contributed by atoms with Crippen LogP contribution < -0.4 is 5.32 Å². The lowest BCUT2D eigenvalue weighted by Crippen LogP contribution is -2.41. The van der Waals surface area contributed by atoms with Crippen molar-refractivity contribution in [2.24, 2.45) is 0 Å². The smallest absolute Gasteiger partial charge is 0.253 e. The summed E-state index contributed by atoms with van der Waals surface area (Å²) in [6, 6.07) is 6.30. The molecular weight excluding hydrogens is 316 g/mol. The number of hydrogen-bond acceptors (Lipinski definition) is 2. The normalized spacial score (nSPS) is 18.2. The zero-order valence-electron chi connectivity index (χ0n) is 12.3. The van der Waals surface area contributed by atoms with E-state index in [0.717, 1.165) is 41.7 Å². The quantitative estimate of drug-likeness (QED) is 0.892. The molecule has 1 N–H and O–H groups in total. The van der Waals surface area contributed by atoms with E-state index in [4.69, 9.17) is 0 Å². The van der Waals surface area contributed by atoms with Gasteiger partial charge in [0.2, 0.25) is 0 Å². The van der Waals surface area contributed by atoms with Gasteiger partial charge in [-0.25, -0.2) is 0 Å². The van der Waals surface area contributed by atoms with Gasteiger partial charge in [-0.2, -0.15) is 0 Å². The highest BCUT2D eigenvalue weighted by Crippen LogP contribution is 2.19. The van der Waals surface area contributed by atoms with Gasteiger partial charge in [0, 0.05) is 29.2 Å². The van der Waals surface area contributed by atoms with Crippen molar-refractivity contribution in [2.45, 2.75) is 39.2 Å². The monoisotopic (exact) mass is 338 g/mol. The molecule has 1 unspecified atom stereocenters. The first-order valence-electron chi connectivity index (χ1n) is 7.40. The van der Waals surface area contributed by atoms with Gasteiger partial charge in [0.05, 0.1) is 0 Å². The fraction of sp³-hybridized carbons (Fsp3) is 0.562. The Morgan fingerprint density at radius 2 is 2.30 bits per heavy atom. The molecule has 2 rings (SSSR count). The van der Waals surface area contributed by atoms with Crippen LogP contribution in [0.4, 0.5) is 0 Å². The third-order valence-electron chi connectivity index (χ3n) is 3.79. The standard InChI is InChI=1S/C16H23BrN2O/c1-3-9-19(11-14-5-4-8-18-14)16(20)13-6-7-15(17)12(2)10-13/h6-7,10,14,18H,3-5,8-9,11H2,1-2H3. The molecule has 3 nitrogen and oxygen atoms in total. The number of aryl methyl sites for hydroxylation is 1. The van der Waals surface area contributed by atoms with Gasteiger partial charge in [-0.15, -0.1) is 0 Å². The average molecular weight is 339 g/mol. The summed E-state index contributed by atoms with van der Waals surface area (Å²) in [5, 5.41) is 3.47. The fourth-order valence-corrected chi connectivity index (χ4v) is 2.93. The van der Waals surface area contributed by atoms with Crippen molar-refractivity contribution >= 4 is 21.8 Å². The summed E-state index contributed by atoms with van der Waals surface area (Å²) in [6.07, 6.45) is 3.39. The molecule has 1 aromatic carbocycles. The molecule has 0 bridgehead atoms. The van der Waals surface area contributed by atoms with Crippen LogP contribution in [0.2, 0.25) is 0 Å². The molecule has 20 heavy (non-hydrogen) atoms. The van der Waals surface area contributed by atoms with Gasteiger partial charge >= 0.3 is 0 Å². The number of rotatable bonds is 5. The van der Waals surface area contributed by atoms with Gasteiger partial charge in [-0.1, -0.05) is 22.9 Å². The molecule has 0 saturated carbocycles. The van der Waals surface area contributed by atoms with Crippen LogP contribution in [-0.2, 0) is 0 Å². The minimum atomic E-state index is 0.149. The molecule has 0 spiro atoms. The van der Waals surface area contributed by atoms with E-state index in [1.807, 2.05) is 30.0 Å². The Kier molecular flexibility index (Phi) is 5.61. The van der Waals surface area contributed by atoms with Gasteiger partial charge in [0.25, 0.3) is 5.91 Å². The van der Waals surface area contributed by atoms with E-state index >= 15 is 0 Å². The molecule has 1 aliphatic heterocycles.